The molecule has 0 bridgehead atoms. The lowest BCUT2D eigenvalue weighted by molar-refractivity contribution is 0.0994. The Morgan fingerprint density at radius 2 is 1.96 bits per heavy atom. The number of nitrogens with two attached hydrogens (primary N) is 1. The van der Waals surface area contributed by atoms with Crippen molar-refractivity contribution in [2.45, 2.75) is 32.7 Å². The number of piperidine rings is 1. The molecule has 8 heteroatoms. The number of aryl methyl sites for hydroxylation is 2. The molecule has 1 aliphatic rings. The van der Waals surface area contributed by atoms with Gasteiger partial charge >= 0.3 is 0 Å². The van der Waals surface area contributed by atoms with Crippen LogP contribution in [0.4, 0.5) is 11.6 Å². The third-order valence-electron chi connectivity index (χ3n) is 4.04. The minimum absolute atomic E-state index is 0.171. The van der Waals surface area contributed by atoms with Gasteiger partial charge in [0.1, 0.15) is 17.5 Å². The normalized spacial score (nSPS) is 15.3. The Morgan fingerprint density at radius 1 is 1.21 bits per heavy atom. The molecule has 8 nitrogen and oxygen atoms in total. The first kappa shape index (κ1) is 16.1. The Hall–Kier alpha value is -2.77. The maximum absolute atomic E-state index is 11.0. The van der Waals surface area contributed by atoms with Crippen LogP contribution >= 0.6 is 0 Å². The number of carbonyl (C=O) groups excluding carboxylic acids is 1. The molecule has 3 heterocycles. The van der Waals surface area contributed by atoms with E-state index in [0.717, 1.165) is 43.3 Å². The fourth-order valence-electron chi connectivity index (χ4n) is 2.86. The van der Waals surface area contributed by atoms with E-state index in [0.29, 0.717) is 11.9 Å². The van der Waals surface area contributed by atoms with Gasteiger partial charge in [0.05, 0.1) is 0 Å². The monoisotopic (exact) mass is 327 g/mol. The van der Waals surface area contributed by atoms with Crippen LogP contribution in [0.25, 0.3) is 0 Å². The van der Waals surface area contributed by atoms with Crippen LogP contribution in [-0.2, 0) is 0 Å². The topological polar surface area (TPSA) is 110 Å². The first-order chi connectivity index (χ1) is 11.5. The van der Waals surface area contributed by atoms with Gasteiger partial charge in [0.15, 0.2) is 5.69 Å². The number of carbonyl (C=O) groups is 1. The molecular formula is C16H21N7O. The number of nitrogens with zero attached hydrogens (tertiary/aromatic N) is 5. The number of hydrogen-bond acceptors (Lipinski definition) is 7. The van der Waals surface area contributed by atoms with Crippen LogP contribution in [0, 0.1) is 13.8 Å². The predicted octanol–water partition coefficient (Wildman–Crippen LogP) is 1.06. The fraction of sp³-hybridized carbons (Fsp3) is 0.438. The molecule has 126 valence electrons. The lowest BCUT2D eigenvalue weighted by Crippen LogP contribution is -2.39. The quantitative estimate of drug-likeness (QED) is 0.864. The molecule has 2 aromatic rings. The summed E-state index contributed by atoms with van der Waals surface area (Å²) in [4.78, 5) is 22.1. The standard InChI is InChI=1S/C16H21N7O/c1-10-9-15(19-11(2)18-10)23-7-5-12(6-8-23)20-14-4-3-13(16(17)24)21-22-14/h3-4,9,12H,5-8H2,1-2H3,(H2,17,24)(H,20,22). The molecule has 3 N–H and O–H groups in total. The number of primary amides is 1. The van der Waals surface area contributed by atoms with Crippen LogP contribution in [-0.4, -0.2) is 45.2 Å². The molecular weight excluding hydrogens is 306 g/mol. The highest BCUT2D eigenvalue weighted by Gasteiger charge is 2.21. The molecule has 0 radical (unpaired) electrons. The van der Waals surface area contributed by atoms with Crippen molar-refractivity contribution in [3.05, 3.63) is 35.4 Å². The minimum atomic E-state index is -0.571. The van der Waals surface area contributed by atoms with Crippen LogP contribution in [0.15, 0.2) is 18.2 Å². The van der Waals surface area contributed by atoms with Crippen LogP contribution in [0.2, 0.25) is 0 Å². The van der Waals surface area contributed by atoms with Gasteiger partial charge in [-0.2, -0.15) is 0 Å². The summed E-state index contributed by atoms with van der Waals surface area (Å²) in [5, 5.41) is 11.2. The van der Waals surface area contributed by atoms with Gasteiger partial charge in [0.25, 0.3) is 5.91 Å². The van der Waals surface area contributed by atoms with Gasteiger partial charge in [-0.15, -0.1) is 10.2 Å². The van der Waals surface area contributed by atoms with Gasteiger partial charge < -0.3 is 16.0 Å². The van der Waals surface area contributed by atoms with E-state index >= 15 is 0 Å². The van der Waals surface area contributed by atoms with Crippen molar-refractivity contribution in [1.29, 1.82) is 0 Å². The summed E-state index contributed by atoms with van der Waals surface area (Å²) in [7, 11) is 0. The summed E-state index contributed by atoms with van der Waals surface area (Å²) >= 11 is 0. The highest BCUT2D eigenvalue weighted by Crippen LogP contribution is 2.20. The number of anilines is 2. The number of nitrogens with one attached hydrogen (secondary N) is 1. The molecule has 1 fully saturated rings. The minimum Gasteiger partial charge on any atom is -0.366 e. The molecule has 2 aromatic heterocycles. The molecule has 0 atom stereocenters. The van der Waals surface area contributed by atoms with Crippen molar-refractivity contribution < 1.29 is 4.79 Å². The Kier molecular flexibility index (Phi) is 4.54. The number of hydrogen-bond donors (Lipinski definition) is 2. The van der Waals surface area contributed by atoms with E-state index in [1.54, 1.807) is 12.1 Å². The average Bonchev–Trinajstić information content (AvgIpc) is 2.55. The van der Waals surface area contributed by atoms with Gasteiger partial charge in [-0.1, -0.05) is 0 Å². The number of aromatic nitrogens is 4. The maximum Gasteiger partial charge on any atom is 0.269 e. The Balaban J connectivity index is 1.57. The summed E-state index contributed by atoms with van der Waals surface area (Å²) in [5.74, 6) is 1.88. The molecule has 0 aromatic carbocycles. The molecule has 0 aliphatic carbocycles. The molecule has 1 aliphatic heterocycles. The lowest BCUT2D eigenvalue weighted by atomic mass is 10.0. The molecule has 0 spiro atoms. The summed E-state index contributed by atoms with van der Waals surface area (Å²) in [6.45, 7) is 5.74. The molecule has 1 saturated heterocycles. The summed E-state index contributed by atoms with van der Waals surface area (Å²) in [6, 6.07) is 5.66. The number of rotatable bonds is 4. The predicted molar refractivity (Wildman–Crippen MR) is 90.9 cm³/mol. The second-order valence-corrected chi connectivity index (χ2v) is 5.99. The molecule has 24 heavy (non-hydrogen) atoms. The first-order valence-electron chi connectivity index (χ1n) is 7.98. The van der Waals surface area contributed by atoms with E-state index in [9.17, 15) is 4.79 Å². The van der Waals surface area contributed by atoms with Crippen LogP contribution < -0.4 is 16.0 Å². The van der Waals surface area contributed by atoms with Gasteiger partial charge in [-0.05, 0) is 38.8 Å². The van der Waals surface area contributed by atoms with Crippen LogP contribution in [0.5, 0.6) is 0 Å². The van der Waals surface area contributed by atoms with Gasteiger partial charge in [-0.25, -0.2) is 9.97 Å². The van der Waals surface area contributed by atoms with Crippen molar-refractivity contribution in [3.63, 3.8) is 0 Å². The summed E-state index contributed by atoms with van der Waals surface area (Å²) < 4.78 is 0. The van der Waals surface area contributed by atoms with Crippen molar-refractivity contribution in [2.24, 2.45) is 5.73 Å². The molecule has 3 rings (SSSR count). The summed E-state index contributed by atoms with van der Waals surface area (Å²) in [6.07, 6.45) is 1.95. The smallest absolute Gasteiger partial charge is 0.269 e. The van der Waals surface area contributed by atoms with E-state index in [2.05, 4.69) is 30.4 Å². The number of amides is 1. The Bertz CT molecular complexity index is 703. The van der Waals surface area contributed by atoms with Crippen LogP contribution in [0.1, 0.15) is 34.8 Å². The van der Waals surface area contributed by atoms with Crippen molar-refractivity contribution in [3.8, 4) is 0 Å². The lowest BCUT2D eigenvalue weighted by Gasteiger charge is -2.33. The van der Waals surface area contributed by atoms with E-state index in [4.69, 9.17) is 5.73 Å². The SMILES string of the molecule is Cc1cc(N2CCC(Nc3ccc(C(N)=O)nn3)CC2)nc(C)n1. The molecule has 1 amide bonds. The van der Waals surface area contributed by atoms with E-state index in [1.807, 2.05) is 19.9 Å². The zero-order valence-corrected chi connectivity index (χ0v) is 13.9. The zero-order valence-electron chi connectivity index (χ0n) is 13.9. The molecule has 0 saturated carbocycles. The highest BCUT2D eigenvalue weighted by molar-refractivity contribution is 5.90. The van der Waals surface area contributed by atoms with Gasteiger partial charge in [-0.3, -0.25) is 4.79 Å². The third-order valence-corrected chi connectivity index (χ3v) is 4.04. The fourth-order valence-corrected chi connectivity index (χ4v) is 2.86. The first-order valence-corrected chi connectivity index (χ1v) is 7.98. The zero-order chi connectivity index (χ0) is 17.1. The van der Waals surface area contributed by atoms with Crippen LogP contribution in [0.3, 0.4) is 0 Å². The second kappa shape index (κ2) is 6.77. The van der Waals surface area contributed by atoms with E-state index in [-0.39, 0.29) is 5.69 Å². The van der Waals surface area contributed by atoms with E-state index in [1.165, 1.54) is 0 Å². The Labute approximate surface area is 140 Å². The van der Waals surface area contributed by atoms with Crippen molar-refractivity contribution in [1.82, 2.24) is 20.2 Å². The molecule has 0 unspecified atom stereocenters. The highest BCUT2D eigenvalue weighted by atomic mass is 16.1. The van der Waals surface area contributed by atoms with E-state index < -0.39 is 5.91 Å². The maximum atomic E-state index is 11.0. The average molecular weight is 327 g/mol. The largest absolute Gasteiger partial charge is 0.366 e. The van der Waals surface area contributed by atoms with Gasteiger partial charge in [0, 0.05) is 30.9 Å². The van der Waals surface area contributed by atoms with Crippen molar-refractivity contribution in [2.75, 3.05) is 23.3 Å². The second-order valence-electron chi connectivity index (χ2n) is 5.99. The van der Waals surface area contributed by atoms with Crippen molar-refractivity contribution >= 4 is 17.5 Å². The third kappa shape index (κ3) is 3.76. The Morgan fingerprint density at radius 3 is 2.54 bits per heavy atom. The van der Waals surface area contributed by atoms with Gasteiger partial charge in [0.2, 0.25) is 0 Å². The summed E-state index contributed by atoms with van der Waals surface area (Å²) in [5.41, 5.74) is 6.32.